The highest BCUT2D eigenvalue weighted by atomic mass is 79.9. The van der Waals surface area contributed by atoms with Crippen molar-refractivity contribution >= 4 is 54.9 Å². The van der Waals surface area contributed by atoms with Gasteiger partial charge in [0, 0.05) is 10.5 Å². The second-order valence-corrected chi connectivity index (χ2v) is 6.57. The van der Waals surface area contributed by atoms with E-state index in [-0.39, 0.29) is 5.91 Å². The Balaban J connectivity index is 2.12. The summed E-state index contributed by atoms with van der Waals surface area (Å²) in [6, 6.07) is 13.1. The van der Waals surface area contributed by atoms with Gasteiger partial charge in [-0.25, -0.2) is 4.99 Å². The van der Waals surface area contributed by atoms with Gasteiger partial charge >= 0.3 is 0 Å². The molecule has 0 saturated heterocycles. The number of methoxy groups -OCH3 is 1. The van der Waals surface area contributed by atoms with Crippen molar-refractivity contribution in [2.45, 2.75) is 4.83 Å². The molecule has 1 atom stereocenters. The summed E-state index contributed by atoms with van der Waals surface area (Å²) >= 11 is 6.84. The highest BCUT2D eigenvalue weighted by molar-refractivity contribution is 9.10. The summed E-state index contributed by atoms with van der Waals surface area (Å²) in [5.41, 5.74) is 2.91. The molecule has 0 aromatic heterocycles. The smallest absolute Gasteiger partial charge is 0.244 e. The SMILES string of the molecule is COc1ccc2c(c1)NC(=O)C(Br)C(c1ccc(Br)cc1)=N2. The van der Waals surface area contributed by atoms with Crippen LogP contribution in [0.2, 0.25) is 0 Å². The van der Waals surface area contributed by atoms with Crippen molar-refractivity contribution in [3.63, 3.8) is 0 Å². The first-order chi connectivity index (χ1) is 10.6. The van der Waals surface area contributed by atoms with Gasteiger partial charge in [0.1, 0.15) is 10.6 Å². The second-order valence-electron chi connectivity index (χ2n) is 4.74. The van der Waals surface area contributed by atoms with Gasteiger partial charge in [-0.15, -0.1) is 0 Å². The van der Waals surface area contributed by atoms with Gasteiger partial charge in [-0.1, -0.05) is 44.0 Å². The van der Waals surface area contributed by atoms with Gasteiger partial charge in [0.15, 0.2) is 0 Å². The molecule has 0 bridgehead atoms. The van der Waals surface area contributed by atoms with E-state index in [9.17, 15) is 4.79 Å². The molecule has 0 aliphatic carbocycles. The fraction of sp³-hybridized carbons (Fsp3) is 0.125. The first-order valence-corrected chi connectivity index (χ1v) is 8.27. The fourth-order valence-corrected chi connectivity index (χ4v) is 2.92. The third-order valence-electron chi connectivity index (χ3n) is 3.31. The number of hydrogen-bond donors (Lipinski definition) is 1. The van der Waals surface area contributed by atoms with Crippen molar-refractivity contribution in [3.05, 3.63) is 52.5 Å². The summed E-state index contributed by atoms with van der Waals surface area (Å²) in [5.74, 6) is 0.515. The zero-order valence-electron chi connectivity index (χ0n) is 11.6. The van der Waals surface area contributed by atoms with Crippen LogP contribution in [0.3, 0.4) is 0 Å². The molecule has 2 aromatic rings. The van der Waals surface area contributed by atoms with Gasteiger partial charge in [-0.2, -0.15) is 0 Å². The zero-order chi connectivity index (χ0) is 15.7. The van der Waals surface area contributed by atoms with Crippen LogP contribution in [0.1, 0.15) is 5.56 Å². The number of fused-ring (bicyclic) bond motifs is 1. The molecule has 1 aliphatic rings. The summed E-state index contributed by atoms with van der Waals surface area (Å²) in [6.45, 7) is 0. The quantitative estimate of drug-likeness (QED) is 0.732. The molecule has 2 aromatic carbocycles. The minimum Gasteiger partial charge on any atom is -0.497 e. The first-order valence-electron chi connectivity index (χ1n) is 6.56. The third kappa shape index (κ3) is 2.94. The molecular weight excluding hydrogens is 412 g/mol. The van der Waals surface area contributed by atoms with Crippen LogP contribution in [0.15, 0.2) is 51.9 Å². The van der Waals surface area contributed by atoms with Crippen LogP contribution < -0.4 is 10.1 Å². The third-order valence-corrected chi connectivity index (χ3v) is 4.69. The zero-order valence-corrected chi connectivity index (χ0v) is 14.8. The van der Waals surface area contributed by atoms with Gasteiger partial charge in [0.05, 0.1) is 24.2 Å². The van der Waals surface area contributed by atoms with E-state index in [4.69, 9.17) is 4.74 Å². The van der Waals surface area contributed by atoms with Crippen molar-refractivity contribution in [1.82, 2.24) is 0 Å². The molecule has 3 rings (SSSR count). The minimum atomic E-state index is -0.521. The minimum absolute atomic E-state index is 0.159. The maximum atomic E-state index is 12.3. The molecule has 6 heteroatoms. The van der Waals surface area contributed by atoms with E-state index < -0.39 is 4.83 Å². The predicted molar refractivity (Wildman–Crippen MR) is 94.7 cm³/mol. The van der Waals surface area contributed by atoms with Gasteiger partial charge in [0.2, 0.25) is 5.91 Å². The molecule has 0 spiro atoms. The van der Waals surface area contributed by atoms with Gasteiger partial charge in [-0.05, 0) is 29.8 Å². The van der Waals surface area contributed by atoms with Crippen LogP contribution in [-0.2, 0) is 4.79 Å². The highest BCUT2D eigenvalue weighted by Crippen LogP contribution is 2.33. The number of aliphatic imine (C=N–C) groups is 1. The lowest BCUT2D eigenvalue weighted by atomic mass is 10.1. The Bertz CT molecular complexity index is 757. The molecule has 1 heterocycles. The molecule has 1 unspecified atom stereocenters. The molecule has 4 nitrogen and oxygen atoms in total. The number of anilines is 1. The molecule has 1 amide bonds. The molecule has 112 valence electrons. The van der Waals surface area contributed by atoms with Crippen molar-refractivity contribution in [1.29, 1.82) is 0 Å². The number of hydrogen-bond acceptors (Lipinski definition) is 3. The number of carbonyl (C=O) groups excluding carboxylic acids is 1. The fourth-order valence-electron chi connectivity index (χ4n) is 2.18. The summed E-state index contributed by atoms with van der Waals surface area (Å²) in [5, 5.41) is 2.87. The Hall–Kier alpha value is -1.66. The Kier molecular flexibility index (Phi) is 4.31. The number of halogens is 2. The molecule has 0 fully saturated rings. The average Bonchev–Trinajstić information content (AvgIpc) is 2.65. The van der Waals surface area contributed by atoms with Gasteiger partial charge in [-0.3, -0.25) is 4.79 Å². The molecule has 22 heavy (non-hydrogen) atoms. The lowest BCUT2D eigenvalue weighted by molar-refractivity contribution is -0.114. The summed E-state index contributed by atoms with van der Waals surface area (Å²) in [6.07, 6.45) is 0. The van der Waals surface area contributed by atoms with Crippen LogP contribution in [0.5, 0.6) is 5.75 Å². The van der Waals surface area contributed by atoms with Gasteiger partial charge < -0.3 is 10.1 Å². The van der Waals surface area contributed by atoms with Crippen LogP contribution in [0.4, 0.5) is 11.4 Å². The van der Waals surface area contributed by atoms with Crippen molar-refractivity contribution in [2.75, 3.05) is 12.4 Å². The van der Waals surface area contributed by atoms with E-state index in [1.54, 1.807) is 13.2 Å². The van der Waals surface area contributed by atoms with Crippen molar-refractivity contribution < 1.29 is 9.53 Å². The number of benzene rings is 2. The van der Waals surface area contributed by atoms with Crippen LogP contribution >= 0.6 is 31.9 Å². The lowest BCUT2D eigenvalue weighted by Crippen LogP contribution is -2.29. The van der Waals surface area contributed by atoms with Crippen LogP contribution in [0, 0.1) is 0 Å². The number of carbonyl (C=O) groups is 1. The van der Waals surface area contributed by atoms with Crippen LogP contribution in [-0.4, -0.2) is 23.6 Å². The molecule has 1 N–H and O–H groups in total. The molecular formula is C16H12Br2N2O2. The standard InChI is InChI=1S/C16H12Br2N2O2/c1-22-11-6-7-12-13(8-11)20-16(21)14(18)15(19-12)9-2-4-10(17)5-3-9/h2-8,14H,1H3,(H,20,21). The highest BCUT2D eigenvalue weighted by Gasteiger charge is 2.27. The number of amides is 1. The average molecular weight is 424 g/mol. The van der Waals surface area contributed by atoms with E-state index in [0.29, 0.717) is 22.8 Å². The summed E-state index contributed by atoms with van der Waals surface area (Å²) in [7, 11) is 1.59. The maximum Gasteiger partial charge on any atom is 0.244 e. The van der Waals surface area contributed by atoms with E-state index in [2.05, 4.69) is 42.2 Å². The number of alkyl halides is 1. The number of nitrogens with one attached hydrogen (secondary N) is 1. The van der Waals surface area contributed by atoms with Crippen molar-refractivity contribution in [3.8, 4) is 5.75 Å². The molecule has 1 aliphatic heterocycles. The molecule has 0 radical (unpaired) electrons. The van der Waals surface area contributed by atoms with E-state index in [0.717, 1.165) is 10.0 Å². The largest absolute Gasteiger partial charge is 0.497 e. The van der Waals surface area contributed by atoms with Crippen molar-refractivity contribution in [2.24, 2.45) is 4.99 Å². The van der Waals surface area contributed by atoms with E-state index >= 15 is 0 Å². The topological polar surface area (TPSA) is 50.7 Å². The lowest BCUT2D eigenvalue weighted by Gasteiger charge is -2.10. The Labute approximate surface area is 144 Å². The monoisotopic (exact) mass is 422 g/mol. The molecule has 0 saturated carbocycles. The number of ether oxygens (including phenoxy) is 1. The summed E-state index contributed by atoms with van der Waals surface area (Å²) < 4.78 is 6.17. The van der Waals surface area contributed by atoms with E-state index in [1.807, 2.05) is 36.4 Å². The number of nitrogens with zero attached hydrogens (tertiary/aromatic N) is 1. The number of rotatable bonds is 2. The Morgan fingerprint density at radius 3 is 2.59 bits per heavy atom. The Morgan fingerprint density at radius 1 is 1.18 bits per heavy atom. The first kappa shape index (κ1) is 15.2. The predicted octanol–water partition coefficient (Wildman–Crippen LogP) is 4.29. The van der Waals surface area contributed by atoms with E-state index in [1.165, 1.54) is 0 Å². The normalized spacial score (nSPS) is 17.1. The van der Waals surface area contributed by atoms with Crippen LogP contribution in [0.25, 0.3) is 0 Å². The maximum absolute atomic E-state index is 12.3. The van der Waals surface area contributed by atoms with Gasteiger partial charge in [0.25, 0.3) is 0 Å². The Morgan fingerprint density at radius 2 is 1.91 bits per heavy atom. The second kappa shape index (κ2) is 6.22. The summed E-state index contributed by atoms with van der Waals surface area (Å²) in [4.78, 5) is 16.5.